The van der Waals surface area contributed by atoms with Crippen molar-refractivity contribution in [2.24, 2.45) is 0 Å². The maximum Gasteiger partial charge on any atom is 0.357 e. The number of para-hydroxylation sites is 1. The molecule has 1 aromatic heterocycles. The Morgan fingerprint density at radius 1 is 1.07 bits per heavy atom. The first kappa shape index (κ1) is 21.3. The molecule has 0 aliphatic heterocycles. The van der Waals surface area contributed by atoms with Crippen LogP contribution in [0.25, 0.3) is 16.9 Å². The second-order valence-electron chi connectivity index (χ2n) is 5.97. The number of rotatable bonds is 6. The third-order valence-electron chi connectivity index (χ3n) is 4.26. The Balaban J connectivity index is 2.35. The molecule has 0 spiro atoms. The average molecular weight is 433 g/mol. The number of hydrogen-bond acceptors (Lipinski definition) is 6. The first-order valence-electron chi connectivity index (χ1n) is 8.90. The van der Waals surface area contributed by atoms with Crippen LogP contribution < -0.4 is 4.74 Å². The Bertz CT molecular complexity index is 1100. The predicted octanol–water partition coefficient (Wildman–Crippen LogP) is 4.30. The van der Waals surface area contributed by atoms with Crippen LogP contribution in [-0.2, 0) is 9.47 Å². The average Bonchev–Trinajstić information content (AvgIpc) is 3.17. The number of methoxy groups -OCH3 is 2. The van der Waals surface area contributed by atoms with Crippen molar-refractivity contribution in [2.75, 3.05) is 20.8 Å². The van der Waals surface area contributed by atoms with Crippen molar-refractivity contribution in [1.29, 1.82) is 0 Å². The van der Waals surface area contributed by atoms with E-state index in [1.807, 2.05) is 0 Å². The zero-order valence-corrected chi connectivity index (χ0v) is 17.2. The highest BCUT2D eigenvalue weighted by molar-refractivity contribution is 6.32. The highest BCUT2D eigenvalue weighted by Crippen LogP contribution is 2.37. The van der Waals surface area contributed by atoms with Gasteiger partial charge in [0.15, 0.2) is 11.5 Å². The van der Waals surface area contributed by atoms with E-state index in [4.69, 9.17) is 25.8 Å². The van der Waals surface area contributed by atoms with Crippen LogP contribution in [0.3, 0.4) is 0 Å². The summed E-state index contributed by atoms with van der Waals surface area (Å²) in [5.41, 5.74) is -0.189. The number of ether oxygens (including phenoxy) is 3. The fourth-order valence-electron chi connectivity index (χ4n) is 2.92. The number of esters is 2. The van der Waals surface area contributed by atoms with Crippen LogP contribution in [0.15, 0.2) is 42.5 Å². The van der Waals surface area contributed by atoms with E-state index >= 15 is 4.39 Å². The zero-order chi connectivity index (χ0) is 21.8. The van der Waals surface area contributed by atoms with Gasteiger partial charge >= 0.3 is 11.9 Å². The summed E-state index contributed by atoms with van der Waals surface area (Å²) < 4.78 is 31.3. The molecule has 30 heavy (non-hydrogen) atoms. The molecule has 0 fully saturated rings. The van der Waals surface area contributed by atoms with Gasteiger partial charge < -0.3 is 14.2 Å². The second kappa shape index (κ2) is 8.96. The van der Waals surface area contributed by atoms with Crippen molar-refractivity contribution in [3.8, 4) is 22.7 Å². The lowest BCUT2D eigenvalue weighted by molar-refractivity contribution is 0.0549. The number of hydrogen-bond donors (Lipinski definition) is 0. The van der Waals surface area contributed by atoms with Crippen LogP contribution in [0.4, 0.5) is 4.39 Å². The normalized spacial score (nSPS) is 10.6. The molecule has 1 heterocycles. The van der Waals surface area contributed by atoms with E-state index in [9.17, 15) is 9.59 Å². The van der Waals surface area contributed by atoms with E-state index in [2.05, 4.69) is 5.10 Å². The maximum atomic E-state index is 15.1. The van der Waals surface area contributed by atoms with Gasteiger partial charge in [0.1, 0.15) is 22.0 Å². The van der Waals surface area contributed by atoms with E-state index in [0.717, 1.165) is 7.11 Å². The monoisotopic (exact) mass is 432 g/mol. The minimum atomic E-state index is -0.878. The summed E-state index contributed by atoms with van der Waals surface area (Å²) in [4.78, 5) is 25.1. The van der Waals surface area contributed by atoms with Crippen molar-refractivity contribution in [3.05, 3.63) is 64.6 Å². The molecule has 0 saturated carbocycles. The molecule has 9 heteroatoms. The summed E-state index contributed by atoms with van der Waals surface area (Å²) in [6, 6.07) is 11.4. The molecule has 0 N–H and O–H groups in total. The highest BCUT2D eigenvalue weighted by Gasteiger charge is 2.33. The number of aromatic nitrogens is 2. The van der Waals surface area contributed by atoms with Gasteiger partial charge in [0.2, 0.25) is 0 Å². The topological polar surface area (TPSA) is 79.7 Å². The smallest absolute Gasteiger partial charge is 0.357 e. The lowest BCUT2D eigenvalue weighted by Crippen LogP contribution is -2.15. The molecule has 0 aliphatic rings. The number of nitrogens with zero attached hydrogens (tertiary/aromatic N) is 2. The molecule has 0 atom stereocenters. The van der Waals surface area contributed by atoms with Crippen LogP contribution in [0.2, 0.25) is 5.02 Å². The first-order valence-corrected chi connectivity index (χ1v) is 9.28. The second-order valence-corrected chi connectivity index (χ2v) is 6.35. The summed E-state index contributed by atoms with van der Waals surface area (Å²) in [5, 5.41) is 4.08. The molecular formula is C21H18ClFN2O5. The van der Waals surface area contributed by atoms with Gasteiger partial charge in [-0.3, -0.25) is 0 Å². The van der Waals surface area contributed by atoms with Crippen molar-refractivity contribution in [1.82, 2.24) is 9.78 Å². The number of carbonyl (C=O) groups excluding carboxylic acids is 2. The Labute approximate surface area is 176 Å². The zero-order valence-electron chi connectivity index (χ0n) is 16.4. The van der Waals surface area contributed by atoms with Crippen LogP contribution in [0.5, 0.6) is 5.75 Å². The fraction of sp³-hybridized carbons (Fsp3) is 0.190. The third-order valence-corrected chi connectivity index (χ3v) is 4.61. The summed E-state index contributed by atoms with van der Waals surface area (Å²) in [5.74, 6) is -2.41. The molecule has 2 aromatic carbocycles. The van der Waals surface area contributed by atoms with E-state index in [0.29, 0.717) is 12.3 Å². The highest BCUT2D eigenvalue weighted by atomic mass is 35.5. The molecule has 0 amide bonds. The van der Waals surface area contributed by atoms with Crippen LogP contribution >= 0.6 is 11.6 Å². The predicted molar refractivity (Wildman–Crippen MR) is 108 cm³/mol. The van der Waals surface area contributed by atoms with Gasteiger partial charge in [0, 0.05) is 5.56 Å². The number of benzene rings is 2. The SMILES string of the molecule is CCOc1ccc(-c2nn(-c3ccccc3)c(C(=O)OC)c2C(=O)OC)c(F)c1Cl. The Morgan fingerprint density at radius 2 is 1.73 bits per heavy atom. The molecule has 0 aliphatic carbocycles. The largest absolute Gasteiger partial charge is 0.492 e. The van der Waals surface area contributed by atoms with Gasteiger partial charge in [-0.15, -0.1) is 0 Å². The van der Waals surface area contributed by atoms with E-state index < -0.39 is 17.8 Å². The van der Waals surface area contributed by atoms with Crippen LogP contribution in [0.1, 0.15) is 27.8 Å². The number of halogens is 2. The van der Waals surface area contributed by atoms with Gasteiger partial charge in [-0.05, 0) is 31.2 Å². The minimum Gasteiger partial charge on any atom is -0.492 e. The fourth-order valence-corrected chi connectivity index (χ4v) is 3.14. The Kier molecular flexibility index (Phi) is 6.37. The number of carbonyl (C=O) groups is 2. The van der Waals surface area contributed by atoms with Crippen LogP contribution in [-0.4, -0.2) is 42.5 Å². The van der Waals surface area contributed by atoms with E-state index in [-0.39, 0.29) is 33.3 Å². The van der Waals surface area contributed by atoms with Crippen molar-refractivity contribution in [2.45, 2.75) is 6.92 Å². The first-order chi connectivity index (χ1) is 14.4. The molecule has 156 valence electrons. The molecular weight excluding hydrogens is 415 g/mol. The van der Waals surface area contributed by atoms with Crippen molar-refractivity contribution in [3.63, 3.8) is 0 Å². The maximum absolute atomic E-state index is 15.1. The van der Waals surface area contributed by atoms with Gasteiger partial charge in [0.25, 0.3) is 0 Å². The molecule has 0 saturated heterocycles. The summed E-state index contributed by atoms with van der Waals surface area (Å²) >= 11 is 6.10. The van der Waals surface area contributed by atoms with Gasteiger partial charge in [0.05, 0.1) is 26.5 Å². The molecule has 0 radical (unpaired) electrons. The lowest BCUT2D eigenvalue weighted by atomic mass is 10.0. The minimum absolute atomic E-state index is 0.0938. The molecule has 0 unspecified atom stereocenters. The van der Waals surface area contributed by atoms with Gasteiger partial charge in [-0.1, -0.05) is 29.8 Å². The standard InChI is InChI=1S/C21H18ClFN2O5/c1-4-30-14-11-10-13(17(23)16(14)22)18-15(20(26)28-2)19(21(27)29-3)25(24-18)12-8-6-5-7-9-12/h5-11H,4H2,1-3H3. The van der Waals surface area contributed by atoms with Crippen molar-refractivity contribution < 1.29 is 28.2 Å². The summed E-state index contributed by atoms with van der Waals surface area (Å²) in [7, 11) is 2.31. The quantitative estimate of drug-likeness (QED) is 0.540. The van der Waals surface area contributed by atoms with E-state index in [1.165, 1.54) is 23.9 Å². The summed E-state index contributed by atoms with van der Waals surface area (Å²) in [6.45, 7) is 2.03. The van der Waals surface area contributed by atoms with Gasteiger partial charge in [-0.2, -0.15) is 5.10 Å². The lowest BCUT2D eigenvalue weighted by Gasteiger charge is -2.09. The molecule has 0 bridgehead atoms. The molecule has 7 nitrogen and oxygen atoms in total. The van der Waals surface area contributed by atoms with Gasteiger partial charge in [-0.25, -0.2) is 18.7 Å². The van der Waals surface area contributed by atoms with Crippen LogP contribution in [0, 0.1) is 5.82 Å². The molecule has 3 aromatic rings. The third kappa shape index (κ3) is 3.73. The summed E-state index contributed by atoms with van der Waals surface area (Å²) in [6.07, 6.45) is 0. The Hall–Kier alpha value is -3.39. The molecule has 3 rings (SSSR count). The Morgan fingerprint density at radius 3 is 2.33 bits per heavy atom. The van der Waals surface area contributed by atoms with Crippen molar-refractivity contribution >= 4 is 23.5 Å². The van der Waals surface area contributed by atoms with E-state index in [1.54, 1.807) is 37.3 Å².